The summed E-state index contributed by atoms with van der Waals surface area (Å²) in [6.07, 6.45) is 2.01. The summed E-state index contributed by atoms with van der Waals surface area (Å²) in [5.74, 6) is -0.296. The lowest BCUT2D eigenvalue weighted by Crippen LogP contribution is -2.34. The van der Waals surface area contributed by atoms with Gasteiger partial charge in [0.2, 0.25) is 0 Å². The van der Waals surface area contributed by atoms with Crippen molar-refractivity contribution in [3.63, 3.8) is 0 Å². The third-order valence-electron chi connectivity index (χ3n) is 5.28. The standard InChI is InChI=1S/C24H26O6/c1-5-30-24(26)23-20(19-14-18(28-3)9-10-22(19)29-4)12-16(13-21(23)25)15-7-6-8-17(11-15)27-2/h6-11,13-14,20,23H,5,12H2,1-4H3. The number of benzene rings is 2. The number of rotatable bonds is 7. The van der Waals surface area contributed by atoms with E-state index < -0.39 is 17.8 Å². The molecule has 1 aliphatic carbocycles. The predicted molar refractivity (Wildman–Crippen MR) is 113 cm³/mol. The summed E-state index contributed by atoms with van der Waals surface area (Å²) < 4.78 is 21.5. The van der Waals surface area contributed by atoms with Gasteiger partial charge in [0.25, 0.3) is 0 Å². The van der Waals surface area contributed by atoms with Crippen LogP contribution in [0.15, 0.2) is 48.5 Å². The van der Waals surface area contributed by atoms with Gasteiger partial charge in [-0.05, 0) is 60.9 Å². The Morgan fingerprint density at radius 3 is 2.40 bits per heavy atom. The largest absolute Gasteiger partial charge is 0.497 e. The van der Waals surface area contributed by atoms with Crippen LogP contribution in [0, 0.1) is 5.92 Å². The molecule has 0 aromatic heterocycles. The van der Waals surface area contributed by atoms with Gasteiger partial charge in [0.15, 0.2) is 5.78 Å². The molecule has 2 aromatic rings. The third-order valence-corrected chi connectivity index (χ3v) is 5.28. The molecule has 2 unspecified atom stereocenters. The first kappa shape index (κ1) is 21.4. The second kappa shape index (κ2) is 9.48. The number of ketones is 1. The molecule has 3 rings (SSSR count). The Balaban J connectivity index is 2.11. The van der Waals surface area contributed by atoms with Crippen LogP contribution in [0.1, 0.15) is 30.4 Å². The second-order valence-corrected chi connectivity index (χ2v) is 6.95. The lowest BCUT2D eigenvalue weighted by Gasteiger charge is -2.30. The smallest absolute Gasteiger partial charge is 0.317 e. The molecule has 30 heavy (non-hydrogen) atoms. The maximum atomic E-state index is 13.1. The monoisotopic (exact) mass is 410 g/mol. The zero-order chi connectivity index (χ0) is 21.7. The molecule has 0 N–H and O–H groups in total. The summed E-state index contributed by atoms with van der Waals surface area (Å²) in [5.41, 5.74) is 2.43. The number of hydrogen-bond acceptors (Lipinski definition) is 6. The van der Waals surface area contributed by atoms with Crippen molar-refractivity contribution >= 4 is 17.3 Å². The van der Waals surface area contributed by atoms with Crippen LogP contribution in [-0.2, 0) is 14.3 Å². The molecule has 0 bridgehead atoms. The summed E-state index contributed by atoms with van der Waals surface area (Å²) in [6, 6.07) is 12.9. The molecule has 6 heteroatoms. The first-order chi connectivity index (χ1) is 14.5. The third kappa shape index (κ3) is 4.32. The van der Waals surface area contributed by atoms with Crippen LogP contribution < -0.4 is 14.2 Å². The molecule has 0 aliphatic heterocycles. The number of ether oxygens (including phenoxy) is 4. The van der Waals surface area contributed by atoms with Crippen molar-refractivity contribution in [3.8, 4) is 17.2 Å². The Labute approximate surface area is 176 Å². The Morgan fingerprint density at radius 2 is 1.73 bits per heavy atom. The Hall–Kier alpha value is -3.28. The van der Waals surface area contributed by atoms with Crippen molar-refractivity contribution in [3.05, 3.63) is 59.7 Å². The van der Waals surface area contributed by atoms with E-state index in [2.05, 4.69) is 0 Å². The van der Waals surface area contributed by atoms with E-state index in [0.29, 0.717) is 23.7 Å². The van der Waals surface area contributed by atoms with Gasteiger partial charge in [-0.2, -0.15) is 0 Å². The van der Waals surface area contributed by atoms with Crippen molar-refractivity contribution in [1.29, 1.82) is 0 Å². The van der Waals surface area contributed by atoms with Gasteiger partial charge in [0.05, 0.1) is 27.9 Å². The minimum Gasteiger partial charge on any atom is -0.497 e. The average Bonchev–Trinajstić information content (AvgIpc) is 2.78. The van der Waals surface area contributed by atoms with Crippen LogP contribution in [0.25, 0.3) is 5.57 Å². The molecule has 0 radical (unpaired) electrons. The van der Waals surface area contributed by atoms with Gasteiger partial charge in [-0.15, -0.1) is 0 Å². The lowest BCUT2D eigenvalue weighted by atomic mass is 9.73. The van der Waals surface area contributed by atoms with Crippen LogP contribution in [-0.4, -0.2) is 39.7 Å². The van der Waals surface area contributed by atoms with E-state index in [9.17, 15) is 9.59 Å². The van der Waals surface area contributed by atoms with E-state index >= 15 is 0 Å². The molecule has 2 aromatic carbocycles. The minimum absolute atomic E-state index is 0.205. The normalized spacial score (nSPS) is 18.4. The summed E-state index contributed by atoms with van der Waals surface area (Å²) in [5, 5.41) is 0. The predicted octanol–water partition coefficient (Wildman–Crippen LogP) is 4.03. The number of hydrogen-bond donors (Lipinski definition) is 0. The van der Waals surface area contributed by atoms with Crippen molar-refractivity contribution in [2.45, 2.75) is 19.3 Å². The second-order valence-electron chi connectivity index (χ2n) is 6.95. The molecule has 0 saturated carbocycles. The van der Waals surface area contributed by atoms with Crippen molar-refractivity contribution in [2.75, 3.05) is 27.9 Å². The Kier molecular flexibility index (Phi) is 6.77. The number of allylic oxidation sites excluding steroid dienone is 2. The van der Waals surface area contributed by atoms with E-state index in [0.717, 1.165) is 16.7 Å². The maximum absolute atomic E-state index is 13.1. The average molecular weight is 410 g/mol. The fourth-order valence-corrected chi connectivity index (χ4v) is 3.83. The quantitative estimate of drug-likeness (QED) is 0.507. The van der Waals surface area contributed by atoms with Crippen LogP contribution in [0.2, 0.25) is 0 Å². The lowest BCUT2D eigenvalue weighted by molar-refractivity contribution is -0.151. The summed E-state index contributed by atoms with van der Waals surface area (Å²) in [4.78, 5) is 25.8. The summed E-state index contributed by atoms with van der Waals surface area (Å²) >= 11 is 0. The van der Waals surface area contributed by atoms with Crippen LogP contribution in [0.3, 0.4) is 0 Å². The fourth-order valence-electron chi connectivity index (χ4n) is 3.83. The maximum Gasteiger partial charge on any atom is 0.317 e. The van der Waals surface area contributed by atoms with Gasteiger partial charge in [-0.25, -0.2) is 0 Å². The summed E-state index contributed by atoms with van der Waals surface area (Å²) in [6.45, 7) is 1.93. The highest BCUT2D eigenvalue weighted by Crippen LogP contribution is 2.44. The van der Waals surface area contributed by atoms with Crippen molar-refractivity contribution in [2.24, 2.45) is 5.92 Å². The number of carbonyl (C=O) groups is 2. The highest BCUT2D eigenvalue weighted by molar-refractivity contribution is 6.10. The molecule has 158 valence electrons. The zero-order valence-electron chi connectivity index (χ0n) is 17.6. The van der Waals surface area contributed by atoms with Gasteiger partial charge < -0.3 is 18.9 Å². The highest BCUT2D eigenvalue weighted by Gasteiger charge is 2.41. The van der Waals surface area contributed by atoms with E-state index in [4.69, 9.17) is 18.9 Å². The molecule has 1 aliphatic rings. The molecule has 0 fully saturated rings. The molecule has 0 heterocycles. The summed E-state index contributed by atoms with van der Waals surface area (Å²) in [7, 11) is 4.73. The minimum atomic E-state index is -0.944. The van der Waals surface area contributed by atoms with E-state index in [1.807, 2.05) is 30.3 Å². The van der Waals surface area contributed by atoms with E-state index in [-0.39, 0.29) is 12.4 Å². The number of esters is 1. The fraction of sp³-hybridized carbons (Fsp3) is 0.333. The van der Waals surface area contributed by atoms with Gasteiger partial charge in [-0.1, -0.05) is 12.1 Å². The molecule has 0 spiro atoms. The van der Waals surface area contributed by atoms with Gasteiger partial charge in [-0.3, -0.25) is 9.59 Å². The van der Waals surface area contributed by atoms with Gasteiger partial charge in [0, 0.05) is 11.5 Å². The molecule has 6 nitrogen and oxygen atoms in total. The van der Waals surface area contributed by atoms with Gasteiger partial charge in [0.1, 0.15) is 23.2 Å². The topological polar surface area (TPSA) is 71.1 Å². The van der Waals surface area contributed by atoms with Crippen LogP contribution in [0.5, 0.6) is 17.2 Å². The first-order valence-electron chi connectivity index (χ1n) is 9.79. The highest BCUT2D eigenvalue weighted by atomic mass is 16.5. The first-order valence-corrected chi connectivity index (χ1v) is 9.79. The number of carbonyl (C=O) groups excluding carboxylic acids is 2. The van der Waals surface area contributed by atoms with E-state index in [1.165, 1.54) is 0 Å². The SMILES string of the molecule is CCOC(=O)C1C(=O)C=C(c2cccc(OC)c2)CC1c1cc(OC)ccc1OC. The Morgan fingerprint density at radius 1 is 1.00 bits per heavy atom. The Bertz CT molecular complexity index is 962. The van der Waals surface area contributed by atoms with Crippen molar-refractivity contribution < 1.29 is 28.5 Å². The molecular weight excluding hydrogens is 384 g/mol. The zero-order valence-corrected chi connectivity index (χ0v) is 17.6. The van der Waals surface area contributed by atoms with Crippen LogP contribution >= 0.6 is 0 Å². The molecule has 0 saturated heterocycles. The number of methoxy groups -OCH3 is 3. The molecular formula is C24H26O6. The molecule has 2 atom stereocenters. The van der Waals surface area contributed by atoms with Crippen molar-refractivity contribution in [1.82, 2.24) is 0 Å². The van der Waals surface area contributed by atoms with E-state index in [1.54, 1.807) is 46.5 Å². The van der Waals surface area contributed by atoms with Crippen LogP contribution in [0.4, 0.5) is 0 Å². The molecule has 0 amide bonds. The van der Waals surface area contributed by atoms with Gasteiger partial charge >= 0.3 is 5.97 Å².